The maximum absolute atomic E-state index is 3.47. The average molecular weight is 292 g/mol. The molecule has 22 heavy (non-hydrogen) atoms. The van der Waals surface area contributed by atoms with Crippen molar-refractivity contribution in [2.24, 2.45) is 0 Å². The predicted octanol–water partition coefficient (Wildman–Crippen LogP) is 0.942. The Hall–Kier alpha value is -2.62. The van der Waals surface area contributed by atoms with E-state index in [2.05, 4.69) is 83.0 Å². The highest BCUT2D eigenvalue weighted by Crippen LogP contribution is 2.05. The molecule has 4 heteroatoms. The van der Waals surface area contributed by atoms with Gasteiger partial charge in [-0.25, -0.2) is 0 Å². The SMILES string of the molecule is CC1C=C/C(=c2/cc/c(=c3/cc/c(=C4/C=CC(C)N4)[nH]3)[nH]2)N1. The standard InChI is InChI=1S/C18H20N4/c1-11-3-5-13(19-11)15-7-9-17(21-15)18-10-8-16(22-18)14-6-4-12(2)20-14/h3-12,19-22H,1-2H3/b15-13+,16-14+,18-17+. The van der Waals surface area contributed by atoms with Crippen molar-refractivity contribution in [1.29, 1.82) is 0 Å². The lowest BCUT2D eigenvalue weighted by atomic mass is 10.4. The second-order valence-electron chi connectivity index (χ2n) is 5.98. The van der Waals surface area contributed by atoms with Crippen molar-refractivity contribution in [3.8, 4) is 0 Å². The molecular formula is C18H20N4. The summed E-state index contributed by atoms with van der Waals surface area (Å²) in [5.41, 5.74) is 2.29. The molecule has 2 aromatic rings. The summed E-state index contributed by atoms with van der Waals surface area (Å²) >= 11 is 0. The van der Waals surface area contributed by atoms with Crippen LogP contribution in [-0.2, 0) is 0 Å². The number of hydrogen-bond acceptors (Lipinski definition) is 2. The van der Waals surface area contributed by atoms with Crippen LogP contribution in [0.15, 0.2) is 48.6 Å². The second-order valence-corrected chi connectivity index (χ2v) is 5.98. The van der Waals surface area contributed by atoms with Crippen molar-refractivity contribution in [3.05, 3.63) is 70.0 Å². The lowest BCUT2D eigenvalue weighted by Crippen LogP contribution is -2.22. The van der Waals surface area contributed by atoms with E-state index in [0.29, 0.717) is 12.1 Å². The quantitative estimate of drug-likeness (QED) is 0.584. The number of H-pyrrole nitrogens is 2. The van der Waals surface area contributed by atoms with Gasteiger partial charge in [0.2, 0.25) is 0 Å². The van der Waals surface area contributed by atoms with E-state index in [1.165, 1.54) is 0 Å². The monoisotopic (exact) mass is 292 g/mol. The zero-order valence-electron chi connectivity index (χ0n) is 12.8. The van der Waals surface area contributed by atoms with Crippen LogP contribution in [0.2, 0.25) is 0 Å². The van der Waals surface area contributed by atoms with E-state index < -0.39 is 0 Å². The van der Waals surface area contributed by atoms with Gasteiger partial charge in [-0.3, -0.25) is 0 Å². The Morgan fingerprint density at radius 1 is 0.636 bits per heavy atom. The predicted molar refractivity (Wildman–Crippen MR) is 88.8 cm³/mol. The molecule has 2 unspecified atom stereocenters. The van der Waals surface area contributed by atoms with Gasteiger partial charge in [-0.15, -0.1) is 0 Å². The Labute approximate surface area is 128 Å². The van der Waals surface area contributed by atoms with Crippen molar-refractivity contribution in [1.82, 2.24) is 20.6 Å². The van der Waals surface area contributed by atoms with Gasteiger partial charge < -0.3 is 20.6 Å². The fourth-order valence-electron chi connectivity index (χ4n) is 2.92. The molecular weight excluding hydrogens is 272 g/mol. The maximum Gasteiger partial charge on any atom is 0.0624 e. The summed E-state index contributed by atoms with van der Waals surface area (Å²) in [7, 11) is 0. The molecule has 2 atom stereocenters. The van der Waals surface area contributed by atoms with Crippen LogP contribution >= 0.6 is 0 Å². The molecule has 0 spiro atoms. The Bertz CT molecular complexity index is 891. The van der Waals surface area contributed by atoms with Crippen molar-refractivity contribution >= 4 is 11.4 Å². The molecule has 0 aliphatic carbocycles. The first-order chi connectivity index (χ1) is 10.7. The van der Waals surface area contributed by atoms with Gasteiger partial charge in [0.05, 0.1) is 32.8 Å². The van der Waals surface area contributed by atoms with Crippen LogP contribution in [0.3, 0.4) is 0 Å². The molecule has 2 aliphatic heterocycles. The number of aromatic amines is 2. The largest absolute Gasteiger partial charge is 0.377 e. The third kappa shape index (κ3) is 2.26. The molecule has 0 radical (unpaired) electrons. The number of rotatable bonds is 0. The molecule has 4 N–H and O–H groups in total. The molecule has 0 saturated heterocycles. The minimum Gasteiger partial charge on any atom is -0.377 e. The van der Waals surface area contributed by atoms with Gasteiger partial charge in [-0.05, 0) is 50.3 Å². The van der Waals surface area contributed by atoms with E-state index in [1.54, 1.807) is 0 Å². The number of nitrogens with one attached hydrogen (secondary N) is 4. The smallest absolute Gasteiger partial charge is 0.0624 e. The molecule has 0 saturated carbocycles. The summed E-state index contributed by atoms with van der Waals surface area (Å²) in [4.78, 5) is 6.95. The van der Waals surface area contributed by atoms with Crippen molar-refractivity contribution < 1.29 is 0 Å². The lowest BCUT2D eigenvalue weighted by Gasteiger charge is -2.01. The minimum atomic E-state index is 0.400. The Morgan fingerprint density at radius 2 is 1.05 bits per heavy atom. The summed E-state index contributed by atoms with van der Waals surface area (Å²) in [5, 5.41) is 11.3. The molecule has 2 aromatic heterocycles. The number of hydrogen-bond donors (Lipinski definition) is 4. The third-order valence-electron chi connectivity index (χ3n) is 4.11. The van der Waals surface area contributed by atoms with E-state index >= 15 is 0 Å². The molecule has 0 amide bonds. The first-order valence-corrected chi connectivity index (χ1v) is 7.71. The van der Waals surface area contributed by atoms with E-state index in [-0.39, 0.29) is 0 Å². The van der Waals surface area contributed by atoms with Crippen molar-refractivity contribution in [3.63, 3.8) is 0 Å². The fraction of sp³-hybridized carbons (Fsp3) is 0.222. The summed E-state index contributed by atoms with van der Waals surface area (Å²) in [6.45, 7) is 4.29. The fourth-order valence-corrected chi connectivity index (χ4v) is 2.92. The van der Waals surface area contributed by atoms with Crippen LogP contribution < -0.4 is 21.3 Å². The van der Waals surface area contributed by atoms with Gasteiger partial charge >= 0.3 is 0 Å². The van der Waals surface area contributed by atoms with Crippen LogP contribution in [0.4, 0.5) is 0 Å². The van der Waals surface area contributed by atoms with Crippen LogP contribution in [0.25, 0.3) is 11.4 Å². The van der Waals surface area contributed by atoms with Crippen LogP contribution in [-0.4, -0.2) is 22.1 Å². The van der Waals surface area contributed by atoms with Gasteiger partial charge in [0.1, 0.15) is 0 Å². The summed E-state index contributed by atoms with van der Waals surface area (Å²) in [6.07, 6.45) is 8.59. The highest BCUT2D eigenvalue weighted by molar-refractivity contribution is 5.58. The topological polar surface area (TPSA) is 55.6 Å². The normalized spacial score (nSPS) is 29.7. The maximum atomic E-state index is 3.47. The molecule has 0 aromatic carbocycles. The third-order valence-corrected chi connectivity index (χ3v) is 4.11. The molecule has 4 nitrogen and oxygen atoms in total. The Kier molecular flexibility index (Phi) is 2.96. The van der Waals surface area contributed by atoms with Crippen molar-refractivity contribution in [2.45, 2.75) is 25.9 Å². The van der Waals surface area contributed by atoms with Gasteiger partial charge in [-0.2, -0.15) is 0 Å². The highest BCUT2D eigenvalue weighted by atomic mass is 15.0. The first-order valence-electron chi connectivity index (χ1n) is 7.71. The Balaban J connectivity index is 1.84. The van der Waals surface area contributed by atoms with Gasteiger partial charge in [0, 0.05) is 12.1 Å². The molecule has 4 heterocycles. The van der Waals surface area contributed by atoms with E-state index in [4.69, 9.17) is 0 Å². The van der Waals surface area contributed by atoms with Crippen LogP contribution in [0, 0.1) is 10.7 Å². The average Bonchev–Trinajstić information content (AvgIpc) is 3.24. The van der Waals surface area contributed by atoms with Crippen LogP contribution in [0.5, 0.6) is 0 Å². The van der Waals surface area contributed by atoms with E-state index in [1.807, 2.05) is 0 Å². The van der Waals surface area contributed by atoms with Crippen LogP contribution in [0.1, 0.15) is 13.8 Å². The summed E-state index contributed by atoms with van der Waals surface area (Å²) in [5.74, 6) is 0. The van der Waals surface area contributed by atoms with Gasteiger partial charge in [0.25, 0.3) is 0 Å². The van der Waals surface area contributed by atoms with E-state index in [0.717, 1.165) is 32.8 Å². The molecule has 4 rings (SSSR count). The minimum absolute atomic E-state index is 0.400. The number of aromatic nitrogens is 2. The highest BCUT2D eigenvalue weighted by Gasteiger charge is 2.07. The second kappa shape index (κ2) is 4.98. The van der Waals surface area contributed by atoms with Gasteiger partial charge in [0.15, 0.2) is 0 Å². The Morgan fingerprint density at radius 3 is 1.41 bits per heavy atom. The van der Waals surface area contributed by atoms with E-state index in [9.17, 15) is 0 Å². The molecule has 2 aliphatic rings. The zero-order chi connectivity index (χ0) is 15.1. The lowest BCUT2D eigenvalue weighted by molar-refractivity contribution is 0.812. The van der Waals surface area contributed by atoms with Crippen molar-refractivity contribution in [2.75, 3.05) is 0 Å². The summed E-state index contributed by atoms with van der Waals surface area (Å²) < 4.78 is 0. The molecule has 112 valence electrons. The summed E-state index contributed by atoms with van der Waals surface area (Å²) in [6, 6.07) is 9.26. The van der Waals surface area contributed by atoms with Gasteiger partial charge in [-0.1, -0.05) is 12.2 Å². The molecule has 0 bridgehead atoms. The molecule has 0 fully saturated rings. The zero-order valence-corrected chi connectivity index (χ0v) is 12.8. The first kappa shape index (κ1) is 13.1.